The van der Waals surface area contributed by atoms with E-state index in [1.54, 1.807) is 7.05 Å². The fourth-order valence-corrected chi connectivity index (χ4v) is 1.94. The second-order valence-corrected chi connectivity index (χ2v) is 4.22. The zero-order valence-corrected chi connectivity index (χ0v) is 9.47. The molecule has 1 fully saturated rings. The Morgan fingerprint density at radius 1 is 1.24 bits per heavy atom. The van der Waals surface area contributed by atoms with E-state index in [4.69, 9.17) is 0 Å². The van der Waals surface area contributed by atoms with Gasteiger partial charge in [-0.25, -0.2) is 0 Å². The van der Waals surface area contributed by atoms with Gasteiger partial charge in [-0.2, -0.15) is 0 Å². The third kappa shape index (κ3) is 3.05. The molecule has 0 heterocycles. The van der Waals surface area contributed by atoms with Gasteiger partial charge in [0.1, 0.15) is 5.75 Å². The summed E-state index contributed by atoms with van der Waals surface area (Å²) in [6, 6.07) is 4.72. The van der Waals surface area contributed by atoms with Gasteiger partial charge in [0.15, 0.2) is 0 Å². The molecule has 1 aliphatic rings. The van der Waals surface area contributed by atoms with Crippen LogP contribution in [0.2, 0.25) is 0 Å². The molecule has 0 radical (unpaired) electrons. The molecule has 0 saturated heterocycles. The topological polar surface area (TPSA) is 21.3 Å². The molecule has 1 aromatic rings. The maximum atomic E-state index is 12.2. The molecule has 0 bridgehead atoms. The summed E-state index contributed by atoms with van der Waals surface area (Å²) >= 11 is 0. The highest BCUT2D eigenvalue weighted by molar-refractivity contribution is 5.52. The lowest BCUT2D eigenvalue weighted by Crippen LogP contribution is -2.18. The van der Waals surface area contributed by atoms with E-state index in [9.17, 15) is 13.2 Å². The molecule has 5 heteroatoms. The van der Waals surface area contributed by atoms with Gasteiger partial charge in [-0.1, -0.05) is 6.42 Å². The van der Waals surface area contributed by atoms with Gasteiger partial charge in [-0.05, 0) is 36.5 Å². The van der Waals surface area contributed by atoms with Gasteiger partial charge in [0.05, 0.1) is 0 Å². The first-order chi connectivity index (χ1) is 7.98. The molecule has 1 aromatic carbocycles. The fourth-order valence-electron chi connectivity index (χ4n) is 1.94. The summed E-state index contributed by atoms with van der Waals surface area (Å²) in [5.41, 5.74) is 1.57. The minimum absolute atomic E-state index is 0.147. The van der Waals surface area contributed by atoms with E-state index in [0.29, 0.717) is 11.6 Å². The molecule has 1 N–H and O–H groups in total. The van der Waals surface area contributed by atoms with Crippen LogP contribution in [0, 0.1) is 0 Å². The van der Waals surface area contributed by atoms with Crippen LogP contribution in [0.4, 0.5) is 18.9 Å². The maximum Gasteiger partial charge on any atom is 0.573 e. The number of hydrogen-bond acceptors (Lipinski definition) is 2. The van der Waals surface area contributed by atoms with E-state index in [0.717, 1.165) is 24.8 Å². The summed E-state index contributed by atoms with van der Waals surface area (Å²) in [6.07, 6.45) is -1.41. The van der Waals surface area contributed by atoms with Crippen LogP contribution in [0.3, 0.4) is 0 Å². The second kappa shape index (κ2) is 4.47. The van der Waals surface area contributed by atoms with Crippen molar-refractivity contribution in [3.05, 3.63) is 23.8 Å². The Morgan fingerprint density at radius 2 is 1.94 bits per heavy atom. The average Bonchev–Trinajstić information content (AvgIpc) is 2.11. The van der Waals surface area contributed by atoms with Crippen molar-refractivity contribution in [2.45, 2.75) is 31.5 Å². The van der Waals surface area contributed by atoms with Crippen molar-refractivity contribution in [1.29, 1.82) is 0 Å². The fraction of sp³-hybridized carbons (Fsp3) is 0.500. The number of ether oxygens (including phenoxy) is 1. The first-order valence-corrected chi connectivity index (χ1v) is 5.56. The number of benzene rings is 1. The summed E-state index contributed by atoms with van der Waals surface area (Å²) in [7, 11) is 1.68. The first-order valence-electron chi connectivity index (χ1n) is 5.56. The molecular formula is C12H14F3NO. The normalized spacial score (nSPS) is 16.5. The summed E-state index contributed by atoms with van der Waals surface area (Å²) in [5.74, 6) is 0.227. The molecule has 94 valence electrons. The molecule has 2 rings (SSSR count). The summed E-state index contributed by atoms with van der Waals surface area (Å²) in [6.45, 7) is 0. The Balaban J connectivity index is 2.25. The van der Waals surface area contributed by atoms with Gasteiger partial charge >= 0.3 is 6.36 Å². The third-order valence-electron chi connectivity index (χ3n) is 3.03. The van der Waals surface area contributed by atoms with Crippen molar-refractivity contribution in [3.63, 3.8) is 0 Å². The van der Waals surface area contributed by atoms with E-state index < -0.39 is 6.36 Å². The number of nitrogens with one attached hydrogen (secondary N) is 1. The van der Waals surface area contributed by atoms with Crippen molar-refractivity contribution >= 4 is 5.69 Å². The zero-order valence-electron chi connectivity index (χ0n) is 9.47. The number of alkyl halides is 3. The molecule has 1 saturated carbocycles. The summed E-state index contributed by atoms with van der Waals surface area (Å²) in [5, 5.41) is 2.85. The standard InChI is InChI=1S/C12H14F3NO/c1-16-10-5-9(8-3-2-4-8)6-11(7-10)17-12(13,14)15/h5-8,16H,2-4H2,1H3. The molecule has 0 spiro atoms. The largest absolute Gasteiger partial charge is 0.573 e. The minimum atomic E-state index is -4.64. The van der Waals surface area contributed by atoms with Crippen LogP contribution < -0.4 is 10.1 Å². The number of hydrogen-bond donors (Lipinski definition) is 1. The average molecular weight is 245 g/mol. The Bertz CT molecular complexity index is 399. The van der Waals surface area contributed by atoms with Crippen LogP contribution in [0.5, 0.6) is 5.75 Å². The lowest BCUT2D eigenvalue weighted by molar-refractivity contribution is -0.274. The highest BCUT2D eigenvalue weighted by Crippen LogP contribution is 2.39. The van der Waals surface area contributed by atoms with Gasteiger partial charge in [0.25, 0.3) is 0 Å². The van der Waals surface area contributed by atoms with Gasteiger partial charge in [0, 0.05) is 18.8 Å². The second-order valence-electron chi connectivity index (χ2n) is 4.22. The lowest BCUT2D eigenvalue weighted by atomic mass is 9.80. The van der Waals surface area contributed by atoms with Crippen molar-refractivity contribution in [1.82, 2.24) is 0 Å². The Hall–Kier alpha value is -1.39. The van der Waals surface area contributed by atoms with Crippen LogP contribution in [0.1, 0.15) is 30.7 Å². The third-order valence-corrected chi connectivity index (χ3v) is 3.03. The van der Waals surface area contributed by atoms with Crippen LogP contribution in [-0.4, -0.2) is 13.4 Å². The molecular weight excluding hydrogens is 231 g/mol. The van der Waals surface area contributed by atoms with Crippen molar-refractivity contribution < 1.29 is 17.9 Å². The summed E-state index contributed by atoms with van der Waals surface area (Å²) < 4.78 is 40.5. The quantitative estimate of drug-likeness (QED) is 0.872. The maximum absolute atomic E-state index is 12.2. The van der Waals surface area contributed by atoms with Crippen molar-refractivity contribution in [2.24, 2.45) is 0 Å². The highest BCUT2D eigenvalue weighted by atomic mass is 19.4. The van der Waals surface area contributed by atoms with E-state index in [1.165, 1.54) is 12.1 Å². The minimum Gasteiger partial charge on any atom is -0.406 e. The Labute approximate surface area is 97.8 Å². The number of rotatable bonds is 3. The van der Waals surface area contributed by atoms with E-state index in [1.807, 2.05) is 6.07 Å². The molecule has 1 aliphatic carbocycles. The van der Waals surface area contributed by atoms with Crippen molar-refractivity contribution in [3.8, 4) is 5.75 Å². The Kier molecular flexibility index (Phi) is 3.17. The summed E-state index contributed by atoms with van der Waals surface area (Å²) in [4.78, 5) is 0. The number of anilines is 1. The smallest absolute Gasteiger partial charge is 0.406 e. The van der Waals surface area contributed by atoms with Crippen LogP contribution in [0.25, 0.3) is 0 Å². The zero-order chi connectivity index (χ0) is 12.5. The van der Waals surface area contributed by atoms with Crippen LogP contribution >= 0.6 is 0 Å². The SMILES string of the molecule is CNc1cc(OC(F)(F)F)cc(C2CCC2)c1. The first kappa shape index (κ1) is 12.1. The molecule has 0 aliphatic heterocycles. The predicted molar refractivity (Wildman–Crippen MR) is 59.3 cm³/mol. The van der Waals surface area contributed by atoms with E-state index in [2.05, 4.69) is 10.1 Å². The van der Waals surface area contributed by atoms with Crippen LogP contribution in [0.15, 0.2) is 18.2 Å². The molecule has 0 unspecified atom stereocenters. The molecule has 0 atom stereocenters. The molecule has 2 nitrogen and oxygen atoms in total. The van der Waals surface area contributed by atoms with Gasteiger partial charge in [0.2, 0.25) is 0 Å². The predicted octanol–water partition coefficient (Wildman–Crippen LogP) is 3.89. The highest BCUT2D eigenvalue weighted by Gasteiger charge is 2.31. The van der Waals surface area contributed by atoms with Gasteiger partial charge < -0.3 is 10.1 Å². The lowest BCUT2D eigenvalue weighted by Gasteiger charge is -2.26. The van der Waals surface area contributed by atoms with E-state index in [-0.39, 0.29) is 5.75 Å². The van der Waals surface area contributed by atoms with Gasteiger partial charge in [-0.15, -0.1) is 13.2 Å². The number of halogens is 3. The molecule has 0 aromatic heterocycles. The molecule has 17 heavy (non-hydrogen) atoms. The monoisotopic (exact) mass is 245 g/mol. The van der Waals surface area contributed by atoms with E-state index >= 15 is 0 Å². The van der Waals surface area contributed by atoms with Gasteiger partial charge in [-0.3, -0.25) is 0 Å². The molecule has 0 amide bonds. The Morgan fingerprint density at radius 3 is 2.41 bits per heavy atom. The van der Waals surface area contributed by atoms with Crippen LogP contribution in [-0.2, 0) is 0 Å². The van der Waals surface area contributed by atoms with Crippen molar-refractivity contribution in [2.75, 3.05) is 12.4 Å².